The van der Waals surface area contributed by atoms with Gasteiger partial charge in [0.05, 0.1) is 5.56 Å². The number of ketones is 1. The molecule has 2 heterocycles. The molecule has 1 atom stereocenters. The van der Waals surface area contributed by atoms with Gasteiger partial charge < -0.3 is 10.3 Å². The monoisotopic (exact) mass is 443 g/mol. The van der Waals surface area contributed by atoms with Gasteiger partial charge in [-0.15, -0.1) is 0 Å². The highest BCUT2D eigenvalue weighted by molar-refractivity contribution is 7.98. The third-order valence-corrected chi connectivity index (χ3v) is 6.90. The summed E-state index contributed by atoms with van der Waals surface area (Å²) in [6.07, 6.45) is 1.28. The van der Waals surface area contributed by atoms with Crippen molar-refractivity contribution >= 4 is 35.0 Å². The van der Waals surface area contributed by atoms with E-state index in [9.17, 15) is 9.59 Å². The van der Waals surface area contributed by atoms with Gasteiger partial charge in [0.25, 0.3) is 5.56 Å². The van der Waals surface area contributed by atoms with E-state index in [1.807, 2.05) is 24.3 Å². The molecule has 0 spiro atoms. The molecule has 4 rings (SSSR count). The molecule has 2 aromatic rings. The maximum Gasteiger partial charge on any atom is 0.257 e. The second kappa shape index (κ2) is 7.89. The second-order valence-electron chi connectivity index (χ2n) is 9.23. The molecule has 1 aliphatic heterocycles. The molecule has 1 aromatic heterocycles. The minimum atomic E-state index is -0.230. The van der Waals surface area contributed by atoms with Gasteiger partial charge in [-0.3, -0.25) is 9.59 Å². The molecule has 1 aliphatic carbocycles. The lowest BCUT2D eigenvalue weighted by molar-refractivity contribution is -0.118. The van der Waals surface area contributed by atoms with Gasteiger partial charge in [-0.1, -0.05) is 63.2 Å². The SMILES string of the molecule is CC(C)[C@@H]1C2=C(CC(C)(C)CC2=O)Nc2nc(SCc3ccc(Cl)cc3)[nH]c(=O)c21. The Morgan fingerprint density at radius 1 is 1.20 bits per heavy atom. The van der Waals surface area contributed by atoms with Gasteiger partial charge in [-0.25, -0.2) is 4.98 Å². The maximum atomic E-state index is 13.1. The van der Waals surface area contributed by atoms with Crippen molar-refractivity contribution in [1.29, 1.82) is 0 Å². The summed E-state index contributed by atoms with van der Waals surface area (Å²) in [5, 5.41) is 4.61. The topological polar surface area (TPSA) is 74.8 Å². The van der Waals surface area contributed by atoms with E-state index in [2.05, 4.69) is 38.0 Å². The molecular formula is C23H26ClN3O2S. The molecule has 158 valence electrons. The normalized spacial score (nSPS) is 20.1. The first-order valence-electron chi connectivity index (χ1n) is 10.2. The minimum absolute atomic E-state index is 0.102. The standard InChI is InChI=1S/C23H26ClN3O2S/c1-12(2)17-18-15(9-23(3,4)10-16(18)28)25-20-19(17)21(29)27-22(26-20)30-11-13-5-7-14(24)8-6-13/h5-8,12,17H,9-11H2,1-4H3,(H2,25,26,27,29)/t17-/m1/s1. The summed E-state index contributed by atoms with van der Waals surface area (Å²) in [7, 11) is 0. The minimum Gasteiger partial charge on any atom is -0.343 e. The average Bonchev–Trinajstić information content (AvgIpc) is 2.64. The number of rotatable bonds is 4. The number of benzene rings is 1. The van der Waals surface area contributed by atoms with Crippen LogP contribution in [0.2, 0.25) is 5.02 Å². The molecule has 0 amide bonds. The van der Waals surface area contributed by atoms with Crippen molar-refractivity contribution in [2.75, 3.05) is 5.32 Å². The lowest BCUT2D eigenvalue weighted by Crippen LogP contribution is -2.38. The summed E-state index contributed by atoms with van der Waals surface area (Å²) >= 11 is 7.42. The van der Waals surface area contributed by atoms with E-state index in [0.29, 0.717) is 33.7 Å². The summed E-state index contributed by atoms with van der Waals surface area (Å²) < 4.78 is 0. The quantitative estimate of drug-likeness (QED) is 0.480. The molecule has 2 N–H and O–H groups in total. The third kappa shape index (κ3) is 4.08. The largest absolute Gasteiger partial charge is 0.343 e. The molecule has 1 aromatic carbocycles. The molecule has 0 fully saturated rings. The van der Waals surface area contributed by atoms with E-state index < -0.39 is 0 Å². The number of nitrogens with zero attached hydrogens (tertiary/aromatic N) is 1. The number of hydrogen-bond donors (Lipinski definition) is 2. The number of fused-ring (bicyclic) bond motifs is 1. The number of aromatic amines is 1. The lowest BCUT2D eigenvalue weighted by Gasteiger charge is -2.39. The average molecular weight is 444 g/mol. The molecule has 2 aliphatic rings. The number of carbonyl (C=O) groups is 1. The highest BCUT2D eigenvalue weighted by Gasteiger charge is 2.42. The summed E-state index contributed by atoms with van der Waals surface area (Å²) in [4.78, 5) is 33.7. The van der Waals surface area contributed by atoms with Gasteiger partial charge >= 0.3 is 0 Å². The fraction of sp³-hybridized carbons (Fsp3) is 0.435. The van der Waals surface area contributed by atoms with Gasteiger partial charge in [0.2, 0.25) is 0 Å². The molecule has 0 saturated carbocycles. The predicted octanol–water partition coefficient (Wildman–Crippen LogP) is 5.52. The number of anilines is 1. The van der Waals surface area contributed by atoms with E-state index >= 15 is 0 Å². The van der Waals surface area contributed by atoms with E-state index in [-0.39, 0.29) is 28.6 Å². The number of hydrogen-bond acceptors (Lipinski definition) is 5. The van der Waals surface area contributed by atoms with Crippen LogP contribution in [0.5, 0.6) is 0 Å². The molecule has 5 nitrogen and oxygen atoms in total. The van der Waals surface area contributed by atoms with Crippen LogP contribution in [0.15, 0.2) is 45.5 Å². The van der Waals surface area contributed by atoms with E-state index in [1.165, 1.54) is 11.8 Å². The Kier molecular flexibility index (Phi) is 5.58. The number of halogens is 1. The maximum absolute atomic E-state index is 13.1. The summed E-state index contributed by atoms with van der Waals surface area (Å²) in [6, 6.07) is 7.63. The van der Waals surface area contributed by atoms with E-state index in [4.69, 9.17) is 16.6 Å². The number of aromatic nitrogens is 2. The molecule has 0 bridgehead atoms. The Hall–Kier alpha value is -2.05. The van der Waals surface area contributed by atoms with Crippen LogP contribution in [0.1, 0.15) is 57.6 Å². The van der Waals surface area contributed by atoms with Crippen LogP contribution in [0.3, 0.4) is 0 Å². The number of Topliss-reactive ketones (excluding diaryl/α,β-unsaturated/α-hetero) is 1. The summed E-state index contributed by atoms with van der Waals surface area (Å²) in [6.45, 7) is 8.32. The van der Waals surface area contributed by atoms with Gasteiger partial charge in [0, 0.05) is 34.4 Å². The van der Waals surface area contributed by atoms with Crippen LogP contribution in [-0.4, -0.2) is 15.8 Å². The van der Waals surface area contributed by atoms with Gasteiger partial charge in [-0.2, -0.15) is 0 Å². The highest BCUT2D eigenvalue weighted by atomic mass is 35.5. The lowest BCUT2D eigenvalue weighted by atomic mass is 9.68. The van der Waals surface area contributed by atoms with Gasteiger partial charge in [-0.05, 0) is 35.4 Å². The first-order valence-corrected chi connectivity index (χ1v) is 11.6. The van der Waals surface area contributed by atoms with Crippen molar-refractivity contribution in [2.45, 2.75) is 57.4 Å². The third-order valence-electron chi connectivity index (χ3n) is 5.70. The van der Waals surface area contributed by atoms with Crippen molar-refractivity contribution in [3.63, 3.8) is 0 Å². The zero-order valence-electron chi connectivity index (χ0n) is 17.6. The van der Waals surface area contributed by atoms with Crippen molar-refractivity contribution in [3.05, 3.63) is 62.0 Å². The Morgan fingerprint density at radius 3 is 2.57 bits per heavy atom. The molecule has 0 radical (unpaired) electrons. The van der Waals surface area contributed by atoms with Crippen LogP contribution >= 0.6 is 23.4 Å². The van der Waals surface area contributed by atoms with E-state index in [1.54, 1.807) is 0 Å². The molecule has 0 saturated heterocycles. The van der Waals surface area contributed by atoms with Crippen LogP contribution in [0.25, 0.3) is 0 Å². The highest BCUT2D eigenvalue weighted by Crippen LogP contribution is 2.47. The fourth-order valence-electron chi connectivity index (χ4n) is 4.41. The van der Waals surface area contributed by atoms with E-state index in [0.717, 1.165) is 23.3 Å². The van der Waals surface area contributed by atoms with Crippen molar-refractivity contribution in [2.24, 2.45) is 11.3 Å². The Labute approximate surface area is 185 Å². The first-order chi connectivity index (χ1) is 14.1. The van der Waals surface area contributed by atoms with Crippen molar-refractivity contribution in [3.8, 4) is 0 Å². The number of carbonyl (C=O) groups excluding carboxylic acids is 1. The summed E-state index contributed by atoms with van der Waals surface area (Å²) in [5.41, 5.74) is 3.10. The smallest absolute Gasteiger partial charge is 0.257 e. The summed E-state index contributed by atoms with van der Waals surface area (Å²) in [5.74, 6) is 1.29. The Morgan fingerprint density at radius 2 is 1.90 bits per heavy atom. The molecule has 30 heavy (non-hydrogen) atoms. The predicted molar refractivity (Wildman–Crippen MR) is 122 cm³/mol. The molecule has 7 heteroatoms. The Balaban J connectivity index is 1.69. The number of allylic oxidation sites excluding steroid dienone is 2. The van der Waals surface area contributed by atoms with Crippen LogP contribution in [0.4, 0.5) is 5.82 Å². The van der Waals surface area contributed by atoms with Gasteiger partial charge in [0.1, 0.15) is 5.82 Å². The van der Waals surface area contributed by atoms with Crippen LogP contribution in [0, 0.1) is 11.3 Å². The van der Waals surface area contributed by atoms with Crippen LogP contribution in [-0.2, 0) is 10.5 Å². The van der Waals surface area contributed by atoms with Crippen molar-refractivity contribution in [1.82, 2.24) is 9.97 Å². The fourth-order valence-corrected chi connectivity index (χ4v) is 5.35. The molecule has 0 unspecified atom stereocenters. The zero-order valence-corrected chi connectivity index (χ0v) is 19.2. The molecular weight excluding hydrogens is 418 g/mol. The van der Waals surface area contributed by atoms with Gasteiger partial charge in [0.15, 0.2) is 10.9 Å². The zero-order chi connectivity index (χ0) is 21.6. The van der Waals surface area contributed by atoms with Crippen LogP contribution < -0.4 is 10.9 Å². The number of thioether (sulfide) groups is 1. The van der Waals surface area contributed by atoms with Crippen molar-refractivity contribution < 1.29 is 4.79 Å². The second-order valence-corrected chi connectivity index (χ2v) is 10.6. The number of H-pyrrole nitrogens is 1. The Bertz CT molecular complexity index is 1090. The number of nitrogens with one attached hydrogen (secondary N) is 2. The first kappa shape index (κ1) is 21.2.